The van der Waals surface area contributed by atoms with Crippen LogP contribution in [0.15, 0.2) is 54.7 Å². The molecule has 1 aromatic carbocycles. The second-order valence-electron chi connectivity index (χ2n) is 7.69. The molecule has 0 aliphatic carbocycles. The summed E-state index contributed by atoms with van der Waals surface area (Å²) in [5.74, 6) is 1.49. The summed E-state index contributed by atoms with van der Waals surface area (Å²) in [5, 5.41) is 3.47. The number of aryl methyl sites for hydroxylation is 1. The van der Waals surface area contributed by atoms with Crippen LogP contribution in [0, 0.1) is 6.92 Å². The summed E-state index contributed by atoms with van der Waals surface area (Å²) in [6.45, 7) is 3.28. The summed E-state index contributed by atoms with van der Waals surface area (Å²) in [6, 6.07) is 15.7. The van der Waals surface area contributed by atoms with Crippen LogP contribution in [0.1, 0.15) is 33.5 Å². The molecule has 4 aromatic rings. The molecule has 7 nitrogen and oxygen atoms in total. The van der Waals surface area contributed by atoms with Gasteiger partial charge in [0.15, 0.2) is 5.82 Å². The highest BCUT2D eigenvalue weighted by molar-refractivity contribution is 6.00. The van der Waals surface area contributed by atoms with Crippen molar-refractivity contribution in [3.63, 3.8) is 0 Å². The normalized spacial score (nSPS) is 12.9. The van der Waals surface area contributed by atoms with E-state index in [9.17, 15) is 4.79 Å². The Morgan fingerprint density at radius 2 is 2.03 bits per heavy atom. The molecule has 1 aliphatic heterocycles. The molecule has 0 bridgehead atoms. The van der Waals surface area contributed by atoms with E-state index >= 15 is 0 Å². The third-order valence-corrected chi connectivity index (χ3v) is 5.56. The number of primary amides is 1. The molecule has 0 radical (unpaired) electrons. The number of ether oxygens (including phenoxy) is 1. The molecule has 3 aromatic heterocycles. The first-order valence-corrected chi connectivity index (χ1v) is 10.3. The van der Waals surface area contributed by atoms with Crippen LogP contribution in [0.25, 0.3) is 17.0 Å². The highest BCUT2D eigenvalue weighted by Gasteiger charge is 2.23. The van der Waals surface area contributed by atoms with Gasteiger partial charge in [-0.25, -0.2) is 4.98 Å². The van der Waals surface area contributed by atoms with Crippen LogP contribution in [0.3, 0.4) is 0 Å². The molecule has 7 heteroatoms. The molecule has 3 N–H and O–H groups in total. The minimum Gasteiger partial charge on any atom is -0.477 e. The number of anilines is 1. The van der Waals surface area contributed by atoms with Crippen LogP contribution in [0.4, 0.5) is 5.82 Å². The van der Waals surface area contributed by atoms with Crippen molar-refractivity contribution in [3.05, 3.63) is 77.0 Å². The van der Waals surface area contributed by atoms with Crippen molar-refractivity contribution in [1.82, 2.24) is 14.4 Å². The third-order valence-electron chi connectivity index (χ3n) is 5.56. The maximum atomic E-state index is 11.9. The van der Waals surface area contributed by atoms with Crippen molar-refractivity contribution in [2.45, 2.75) is 26.3 Å². The van der Waals surface area contributed by atoms with Gasteiger partial charge in [0.2, 0.25) is 5.88 Å². The SMILES string of the molecule is Cc1cc2c(C(N)=O)cccn2c1-c1nc(NCc2ccccc2)c2c(n1)OCCC2. The Morgan fingerprint density at radius 1 is 1.19 bits per heavy atom. The third kappa shape index (κ3) is 3.48. The van der Waals surface area contributed by atoms with Gasteiger partial charge in [0.25, 0.3) is 5.91 Å². The van der Waals surface area contributed by atoms with Gasteiger partial charge >= 0.3 is 0 Å². The maximum Gasteiger partial charge on any atom is 0.250 e. The standard InChI is InChI=1S/C24H23N5O2/c1-15-13-19-17(21(25)30)9-5-11-29(19)20(15)23-27-22(18-10-6-12-31-24(18)28-23)26-14-16-7-3-2-4-8-16/h2-5,7-9,11,13H,6,10,12,14H2,1H3,(H2,25,30)(H,26,27,28). The number of hydrogen-bond donors (Lipinski definition) is 2. The molecule has 0 saturated heterocycles. The van der Waals surface area contributed by atoms with E-state index in [4.69, 9.17) is 20.4 Å². The predicted octanol–water partition coefficient (Wildman–Crippen LogP) is 3.74. The number of hydrogen-bond acceptors (Lipinski definition) is 5. The lowest BCUT2D eigenvalue weighted by Gasteiger charge is -2.20. The summed E-state index contributed by atoms with van der Waals surface area (Å²) >= 11 is 0. The first kappa shape index (κ1) is 19.1. The van der Waals surface area contributed by atoms with Crippen LogP contribution in [0.5, 0.6) is 5.88 Å². The summed E-state index contributed by atoms with van der Waals surface area (Å²) in [6.07, 6.45) is 3.70. The number of benzene rings is 1. The van der Waals surface area contributed by atoms with Gasteiger partial charge in [-0.15, -0.1) is 0 Å². The van der Waals surface area contributed by atoms with Crippen molar-refractivity contribution in [2.24, 2.45) is 5.73 Å². The van der Waals surface area contributed by atoms with E-state index in [0.29, 0.717) is 30.4 Å². The fourth-order valence-electron chi connectivity index (χ4n) is 4.08. The number of rotatable bonds is 5. The molecule has 156 valence electrons. The van der Waals surface area contributed by atoms with Gasteiger partial charge < -0.3 is 20.2 Å². The lowest BCUT2D eigenvalue weighted by molar-refractivity contribution is 0.100. The van der Waals surface area contributed by atoms with E-state index in [1.165, 1.54) is 5.56 Å². The molecule has 0 saturated carbocycles. The van der Waals surface area contributed by atoms with Crippen molar-refractivity contribution in [1.29, 1.82) is 0 Å². The van der Waals surface area contributed by atoms with Gasteiger partial charge in [-0.3, -0.25) is 4.79 Å². The Bertz CT molecular complexity index is 1280. The van der Waals surface area contributed by atoms with E-state index in [1.54, 1.807) is 12.1 Å². The minimum absolute atomic E-state index is 0.463. The molecule has 1 aliphatic rings. The molecule has 5 rings (SSSR count). The number of nitrogens with two attached hydrogens (primary N) is 1. The van der Waals surface area contributed by atoms with Crippen molar-refractivity contribution in [3.8, 4) is 17.4 Å². The number of aromatic nitrogens is 3. The molecule has 1 amide bonds. The first-order chi connectivity index (χ1) is 15.1. The number of nitrogens with zero attached hydrogens (tertiary/aromatic N) is 3. The molecule has 0 spiro atoms. The van der Waals surface area contributed by atoms with E-state index in [0.717, 1.165) is 41.0 Å². The van der Waals surface area contributed by atoms with Crippen LogP contribution < -0.4 is 15.8 Å². The monoisotopic (exact) mass is 413 g/mol. The summed E-state index contributed by atoms with van der Waals surface area (Å²) < 4.78 is 7.81. The van der Waals surface area contributed by atoms with Crippen molar-refractivity contribution in [2.75, 3.05) is 11.9 Å². The van der Waals surface area contributed by atoms with Gasteiger partial charge in [0.1, 0.15) is 5.82 Å². The first-order valence-electron chi connectivity index (χ1n) is 10.3. The van der Waals surface area contributed by atoms with Crippen molar-refractivity contribution >= 4 is 17.2 Å². The average molecular weight is 413 g/mol. The Kier molecular flexibility index (Phi) is 4.78. The highest BCUT2D eigenvalue weighted by Crippen LogP contribution is 2.34. The topological polar surface area (TPSA) is 94.5 Å². The minimum atomic E-state index is -0.463. The largest absolute Gasteiger partial charge is 0.477 e. The second kappa shape index (κ2) is 7.75. The van der Waals surface area contributed by atoms with E-state index < -0.39 is 5.91 Å². The van der Waals surface area contributed by atoms with Gasteiger partial charge in [-0.2, -0.15) is 4.98 Å². The number of pyridine rings is 1. The van der Waals surface area contributed by atoms with Crippen LogP contribution in [0.2, 0.25) is 0 Å². The van der Waals surface area contributed by atoms with Crippen molar-refractivity contribution < 1.29 is 9.53 Å². The number of carbonyl (C=O) groups is 1. The Hall–Kier alpha value is -3.87. The molecule has 0 fully saturated rings. The van der Waals surface area contributed by atoms with Crippen LogP contribution in [-0.4, -0.2) is 26.9 Å². The Labute approximate surface area is 179 Å². The summed E-state index contributed by atoms with van der Waals surface area (Å²) in [5.41, 5.74) is 10.7. The molecule has 31 heavy (non-hydrogen) atoms. The fraction of sp³-hybridized carbons (Fsp3) is 0.208. The van der Waals surface area contributed by atoms with Crippen LogP contribution in [-0.2, 0) is 13.0 Å². The molecular weight excluding hydrogens is 390 g/mol. The lowest BCUT2D eigenvalue weighted by atomic mass is 10.1. The quantitative estimate of drug-likeness (QED) is 0.520. The molecule has 0 atom stereocenters. The number of fused-ring (bicyclic) bond motifs is 2. The van der Waals surface area contributed by atoms with E-state index in [-0.39, 0.29) is 0 Å². The Morgan fingerprint density at radius 3 is 2.84 bits per heavy atom. The Balaban J connectivity index is 1.62. The molecule has 0 unspecified atom stereocenters. The zero-order valence-corrected chi connectivity index (χ0v) is 17.3. The zero-order chi connectivity index (χ0) is 21.4. The van der Waals surface area contributed by atoms with E-state index in [1.807, 2.05) is 41.8 Å². The fourth-order valence-corrected chi connectivity index (χ4v) is 4.08. The smallest absolute Gasteiger partial charge is 0.250 e. The van der Waals surface area contributed by atoms with Crippen LogP contribution >= 0.6 is 0 Å². The zero-order valence-electron chi connectivity index (χ0n) is 17.3. The van der Waals surface area contributed by atoms with Gasteiger partial charge in [0, 0.05) is 12.7 Å². The lowest BCUT2D eigenvalue weighted by Crippen LogP contribution is -2.16. The molecule has 4 heterocycles. The maximum absolute atomic E-state index is 11.9. The number of nitrogens with one attached hydrogen (secondary N) is 1. The summed E-state index contributed by atoms with van der Waals surface area (Å²) in [7, 11) is 0. The average Bonchev–Trinajstić information content (AvgIpc) is 3.13. The predicted molar refractivity (Wildman–Crippen MR) is 119 cm³/mol. The highest BCUT2D eigenvalue weighted by atomic mass is 16.5. The number of carbonyl (C=O) groups excluding carboxylic acids is 1. The van der Waals surface area contributed by atoms with Gasteiger partial charge in [-0.1, -0.05) is 30.3 Å². The van der Waals surface area contributed by atoms with Gasteiger partial charge in [0.05, 0.1) is 28.9 Å². The summed E-state index contributed by atoms with van der Waals surface area (Å²) in [4.78, 5) is 21.5. The molecular formula is C24H23N5O2. The van der Waals surface area contributed by atoms with E-state index in [2.05, 4.69) is 17.4 Å². The second-order valence-corrected chi connectivity index (χ2v) is 7.69. The number of amides is 1. The van der Waals surface area contributed by atoms with Gasteiger partial charge in [-0.05, 0) is 49.1 Å².